The van der Waals surface area contributed by atoms with Crippen LogP contribution < -0.4 is 11.1 Å². The van der Waals surface area contributed by atoms with Crippen LogP contribution in [0, 0.1) is 51.8 Å². The number of aryl methyl sites for hydroxylation is 1. The number of benzene rings is 2. The molecule has 4 fully saturated rings. The van der Waals surface area contributed by atoms with Crippen molar-refractivity contribution in [2.75, 3.05) is 6.61 Å². The molecule has 2 aromatic carbocycles. The summed E-state index contributed by atoms with van der Waals surface area (Å²) in [6, 6.07) is 19.9. The number of carbonyl (C=O) groups is 3. The molecule has 61 heavy (non-hydrogen) atoms. The Kier molecular flexibility index (Phi) is 11.1. The van der Waals surface area contributed by atoms with Gasteiger partial charge in [-0.3, -0.25) is 9.59 Å². The SMILES string of the molecule is CCCO[C@H]1CC[C@@]2(C)[C@@H](CC[C@]3(C)[C@@H]2C(=O)C=C2[C@@H]4C[C@@](C)(C(=O)OC(c5ccccc5)c5ccccc5)CC[C@]4(C)CC[C@]23C)[C@]1(C)NC(=O)OCc1oc(=O)oc1C. The molecule has 328 valence electrons. The van der Waals surface area contributed by atoms with Crippen LogP contribution in [0.4, 0.5) is 4.79 Å². The molecule has 3 aromatic rings. The smallest absolute Gasteiger partial charge is 0.452 e. The summed E-state index contributed by atoms with van der Waals surface area (Å²) in [5.74, 6) is -0.734. The molecule has 0 radical (unpaired) electrons. The Bertz CT molecular complexity index is 2190. The lowest BCUT2D eigenvalue weighted by atomic mass is 9.34. The monoisotopic (exact) mass is 835 g/mol. The summed E-state index contributed by atoms with van der Waals surface area (Å²) in [4.78, 5) is 55.2. The van der Waals surface area contributed by atoms with E-state index in [0.717, 1.165) is 62.5 Å². The summed E-state index contributed by atoms with van der Waals surface area (Å²) < 4.78 is 28.8. The molecule has 1 amide bonds. The topological polar surface area (TPSA) is 134 Å². The first-order valence-corrected chi connectivity index (χ1v) is 22.6. The van der Waals surface area contributed by atoms with Crippen molar-refractivity contribution in [3.8, 4) is 0 Å². The summed E-state index contributed by atoms with van der Waals surface area (Å²) in [6.45, 7) is 17.6. The maximum absolute atomic E-state index is 15.2. The number of alkyl carbamates (subject to hydrolysis) is 1. The molecule has 1 aromatic heterocycles. The quantitative estimate of drug-likeness (QED) is 0.198. The highest BCUT2D eigenvalue weighted by molar-refractivity contribution is 5.96. The standard InChI is InChI=1S/C51H65NO9/c1-9-28-57-40-21-22-48(5)39(51(40,8)52-44(55)58-31-38-32(2)59-45(56)60-38)20-23-50(7)42(48)37(53)29-35-36-30-47(4,25-24-46(36,3)26-27-49(35,50)6)43(54)61-41(33-16-12-10-13-17-33)34-18-14-11-15-19-34/h10-19,29,36,39-42H,9,20-28,30-31H2,1-8H3,(H,52,55)/t36-,39+,40-,42+,46+,47-,48-,49+,50+,51-/m0/s1. The first-order chi connectivity index (χ1) is 28.9. The lowest BCUT2D eigenvalue weighted by molar-refractivity contribution is -0.198. The minimum absolute atomic E-state index is 0.0386. The van der Waals surface area contributed by atoms with E-state index in [1.54, 1.807) is 6.92 Å². The molecular weight excluding hydrogens is 771 g/mol. The van der Waals surface area contributed by atoms with Crippen LogP contribution in [0.1, 0.15) is 141 Å². The molecule has 5 aliphatic carbocycles. The van der Waals surface area contributed by atoms with Crippen molar-refractivity contribution < 1.29 is 37.4 Å². The third-order valence-corrected chi connectivity index (χ3v) is 17.2. The fourth-order valence-corrected chi connectivity index (χ4v) is 13.4. The zero-order chi connectivity index (χ0) is 43.6. The summed E-state index contributed by atoms with van der Waals surface area (Å²) in [5.41, 5.74) is 0.419. The number of hydrogen-bond acceptors (Lipinski definition) is 9. The molecule has 10 atom stereocenters. The van der Waals surface area contributed by atoms with Crippen LogP contribution >= 0.6 is 0 Å². The van der Waals surface area contributed by atoms with Crippen molar-refractivity contribution in [1.82, 2.24) is 5.32 Å². The van der Waals surface area contributed by atoms with E-state index < -0.39 is 34.4 Å². The normalized spacial score (nSPS) is 36.7. The summed E-state index contributed by atoms with van der Waals surface area (Å²) >= 11 is 0. The molecule has 0 aliphatic heterocycles. The second kappa shape index (κ2) is 15.7. The number of amides is 1. The maximum Gasteiger partial charge on any atom is 0.519 e. The van der Waals surface area contributed by atoms with Gasteiger partial charge in [-0.25, -0.2) is 9.59 Å². The van der Waals surface area contributed by atoms with Gasteiger partial charge >= 0.3 is 17.9 Å². The molecule has 0 bridgehead atoms. The van der Waals surface area contributed by atoms with Gasteiger partial charge in [0.25, 0.3) is 0 Å². The number of rotatable bonds is 10. The van der Waals surface area contributed by atoms with Crippen molar-refractivity contribution in [2.24, 2.45) is 44.8 Å². The number of carbonyl (C=O) groups excluding carboxylic acids is 3. The first-order valence-electron chi connectivity index (χ1n) is 22.6. The third kappa shape index (κ3) is 7.13. The highest BCUT2D eigenvalue weighted by Crippen LogP contribution is 2.74. The van der Waals surface area contributed by atoms with E-state index >= 15 is 4.79 Å². The van der Waals surface area contributed by atoms with Crippen LogP contribution in [0.2, 0.25) is 0 Å². The van der Waals surface area contributed by atoms with Gasteiger partial charge in [-0.05, 0) is 136 Å². The van der Waals surface area contributed by atoms with Gasteiger partial charge in [0.05, 0.1) is 17.1 Å². The molecule has 0 saturated heterocycles. The van der Waals surface area contributed by atoms with Gasteiger partial charge in [-0.1, -0.05) is 101 Å². The van der Waals surface area contributed by atoms with Gasteiger partial charge in [0.15, 0.2) is 30.0 Å². The number of ether oxygens (including phenoxy) is 3. The van der Waals surface area contributed by atoms with Crippen LogP contribution in [0.25, 0.3) is 0 Å². The third-order valence-electron chi connectivity index (χ3n) is 17.2. The van der Waals surface area contributed by atoms with Crippen LogP contribution in [-0.4, -0.2) is 36.1 Å². The van der Waals surface area contributed by atoms with E-state index in [1.165, 1.54) is 5.57 Å². The van der Waals surface area contributed by atoms with Crippen LogP contribution in [-0.2, 0) is 30.4 Å². The minimum Gasteiger partial charge on any atom is -0.452 e. The van der Waals surface area contributed by atoms with Crippen molar-refractivity contribution in [3.63, 3.8) is 0 Å². The zero-order valence-electron chi connectivity index (χ0n) is 37.4. The fraction of sp³-hybridized carbons (Fsp3) is 0.608. The van der Waals surface area contributed by atoms with Gasteiger partial charge in [-0.15, -0.1) is 0 Å². The lowest BCUT2D eigenvalue weighted by Gasteiger charge is -2.70. The van der Waals surface area contributed by atoms with E-state index in [4.69, 9.17) is 23.0 Å². The van der Waals surface area contributed by atoms with Gasteiger partial charge in [0.1, 0.15) is 0 Å². The van der Waals surface area contributed by atoms with Crippen molar-refractivity contribution in [1.29, 1.82) is 0 Å². The molecular formula is C51H65NO9. The first kappa shape index (κ1) is 43.2. The highest BCUT2D eigenvalue weighted by Gasteiger charge is 2.71. The Morgan fingerprint density at radius 3 is 2.11 bits per heavy atom. The van der Waals surface area contributed by atoms with E-state index in [-0.39, 0.29) is 70.0 Å². The fourth-order valence-electron chi connectivity index (χ4n) is 13.4. The summed E-state index contributed by atoms with van der Waals surface area (Å²) in [7, 11) is 0. The average molecular weight is 836 g/mol. The van der Waals surface area contributed by atoms with E-state index in [1.807, 2.05) is 66.7 Å². The van der Waals surface area contributed by atoms with Crippen molar-refractivity contribution >= 4 is 17.8 Å². The Balaban J connectivity index is 1.09. The highest BCUT2D eigenvalue weighted by atomic mass is 16.6. The van der Waals surface area contributed by atoms with Gasteiger partial charge in [0.2, 0.25) is 0 Å². The molecule has 10 nitrogen and oxygen atoms in total. The largest absolute Gasteiger partial charge is 0.519 e. The number of nitrogens with one attached hydrogen (secondary N) is 1. The number of allylic oxidation sites excluding steroid dienone is 2. The zero-order valence-corrected chi connectivity index (χ0v) is 37.4. The van der Waals surface area contributed by atoms with E-state index in [2.05, 4.69) is 53.8 Å². The second-order valence-corrected chi connectivity index (χ2v) is 20.7. The minimum atomic E-state index is -0.841. The van der Waals surface area contributed by atoms with Crippen LogP contribution in [0.3, 0.4) is 0 Å². The van der Waals surface area contributed by atoms with Crippen molar-refractivity contribution in [3.05, 3.63) is 106 Å². The number of esters is 1. The van der Waals surface area contributed by atoms with E-state index in [9.17, 15) is 14.4 Å². The summed E-state index contributed by atoms with van der Waals surface area (Å²) in [5, 5.41) is 3.25. The predicted molar refractivity (Wildman–Crippen MR) is 230 cm³/mol. The van der Waals surface area contributed by atoms with Crippen LogP contribution in [0.15, 0.2) is 85.9 Å². The molecule has 1 heterocycles. The Morgan fingerprint density at radius 1 is 0.836 bits per heavy atom. The molecule has 1 N–H and O–H groups in total. The molecule has 8 rings (SSSR count). The molecule has 0 unspecified atom stereocenters. The lowest BCUT2D eigenvalue weighted by Crippen LogP contribution is -2.72. The molecule has 0 spiro atoms. The number of ketones is 1. The maximum atomic E-state index is 15.2. The number of fused-ring (bicyclic) bond motifs is 7. The number of hydrogen-bond donors (Lipinski definition) is 1. The second-order valence-electron chi connectivity index (χ2n) is 20.7. The predicted octanol–water partition coefficient (Wildman–Crippen LogP) is 10.6. The molecule has 10 heteroatoms. The Labute approximate surface area is 360 Å². The molecule has 4 saturated carbocycles. The van der Waals surface area contributed by atoms with Gasteiger partial charge in [0, 0.05) is 12.5 Å². The summed E-state index contributed by atoms with van der Waals surface area (Å²) in [6.07, 6.45) is 8.75. The molecule has 5 aliphatic rings. The Hall–Kier alpha value is -4.44. The average Bonchev–Trinajstić information content (AvgIpc) is 3.56. The Morgan fingerprint density at radius 2 is 1.49 bits per heavy atom. The van der Waals surface area contributed by atoms with Crippen molar-refractivity contribution in [2.45, 2.75) is 144 Å². The van der Waals surface area contributed by atoms with Gasteiger partial charge in [-0.2, -0.15) is 0 Å². The van der Waals surface area contributed by atoms with E-state index in [0.29, 0.717) is 19.4 Å². The van der Waals surface area contributed by atoms with Gasteiger partial charge < -0.3 is 28.4 Å². The van der Waals surface area contributed by atoms with Crippen LogP contribution in [0.5, 0.6) is 0 Å².